The second-order valence-corrected chi connectivity index (χ2v) is 4.02. The van der Waals surface area contributed by atoms with Crippen LogP contribution >= 0.6 is 0 Å². The van der Waals surface area contributed by atoms with Gasteiger partial charge in [-0.2, -0.15) is 5.10 Å². The van der Waals surface area contributed by atoms with Gasteiger partial charge < -0.3 is 5.32 Å². The standard InChI is InChI=1S/C12H22FN3/c1-5-11(14-6-2)12-9(3)15-16(8-7-13)10(12)4/h11,14H,5-8H2,1-4H3. The number of aryl methyl sites for hydroxylation is 2. The summed E-state index contributed by atoms with van der Waals surface area (Å²) in [6.45, 7) is 9.19. The number of nitrogens with zero attached hydrogens (tertiary/aromatic N) is 2. The predicted octanol–water partition coefficient (Wildman–Crippen LogP) is 2.53. The van der Waals surface area contributed by atoms with Crippen molar-refractivity contribution < 1.29 is 4.39 Å². The second-order valence-electron chi connectivity index (χ2n) is 4.02. The van der Waals surface area contributed by atoms with Crippen LogP contribution in [-0.2, 0) is 6.54 Å². The van der Waals surface area contributed by atoms with E-state index in [2.05, 4.69) is 24.3 Å². The van der Waals surface area contributed by atoms with E-state index >= 15 is 0 Å². The Kier molecular flexibility index (Phi) is 4.93. The van der Waals surface area contributed by atoms with E-state index in [1.165, 1.54) is 5.56 Å². The zero-order valence-electron chi connectivity index (χ0n) is 10.7. The van der Waals surface area contributed by atoms with Crippen molar-refractivity contribution in [2.24, 2.45) is 0 Å². The first-order chi connectivity index (χ1) is 7.65. The fourth-order valence-corrected chi connectivity index (χ4v) is 2.21. The SMILES string of the molecule is CCNC(CC)c1c(C)nn(CCF)c1C. The highest BCUT2D eigenvalue weighted by atomic mass is 19.1. The van der Waals surface area contributed by atoms with Crippen LogP contribution < -0.4 is 5.32 Å². The van der Waals surface area contributed by atoms with Gasteiger partial charge in [-0.05, 0) is 26.8 Å². The van der Waals surface area contributed by atoms with E-state index in [9.17, 15) is 4.39 Å². The summed E-state index contributed by atoms with van der Waals surface area (Å²) in [6.07, 6.45) is 1.02. The summed E-state index contributed by atoms with van der Waals surface area (Å²) in [5.41, 5.74) is 3.33. The van der Waals surface area contributed by atoms with Crippen molar-refractivity contribution >= 4 is 0 Å². The molecular weight excluding hydrogens is 205 g/mol. The van der Waals surface area contributed by atoms with Crippen LogP contribution in [0.5, 0.6) is 0 Å². The van der Waals surface area contributed by atoms with Crippen LogP contribution in [0.25, 0.3) is 0 Å². The second kappa shape index (κ2) is 5.99. The average molecular weight is 227 g/mol. The Labute approximate surface area is 97.0 Å². The van der Waals surface area contributed by atoms with Crippen molar-refractivity contribution in [1.82, 2.24) is 15.1 Å². The molecule has 4 heteroatoms. The van der Waals surface area contributed by atoms with Crippen LogP contribution in [0.4, 0.5) is 4.39 Å². The molecule has 0 aliphatic heterocycles. The van der Waals surface area contributed by atoms with Crippen LogP contribution in [0.15, 0.2) is 0 Å². The van der Waals surface area contributed by atoms with Crippen molar-refractivity contribution in [3.63, 3.8) is 0 Å². The maximum Gasteiger partial charge on any atom is 0.109 e. The van der Waals surface area contributed by atoms with E-state index in [-0.39, 0.29) is 6.67 Å². The number of hydrogen-bond acceptors (Lipinski definition) is 2. The molecule has 0 spiro atoms. The first kappa shape index (κ1) is 13.2. The van der Waals surface area contributed by atoms with Crippen LogP contribution in [0.2, 0.25) is 0 Å². The highest BCUT2D eigenvalue weighted by Gasteiger charge is 2.18. The Hall–Kier alpha value is -0.900. The zero-order chi connectivity index (χ0) is 12.1. The van der Waals surface area contributed by atoms with Crippen LogP contribution in [0.1, 0.15) is 43.3 Å². The number of halogens is 1. The summed E-state index contributed by atoms with van der Waals surface area (Å²) in [6, 6.07) is 0.332. The minimum Gasteiger partial charge on any atom is -0.310 e. The van der Waals surface area contributed by atoms with Gasteiger partial charge in [0, 0.05) is 17.3 Å². The van der Waals surface area contributed by atoms with Crippen molar-refractivity contribution in [2.45, 2.75) is 46.7 Å². The lowest BCUT2D eigenvalue weighted by molar-refractivity contribution is 0.421. The van der Waals surface area contributed by atoms with Gasteiger partial charge in [0.25, 0.3) is 0 Å². The number of nitrogens with one attached hydrogen (secondary N) is 1. The average Bonchev–Trinajstić information content (AvgIpc) is 2.53. The minimum atomic E-state index is -0.362. The Morgan fingerprint density at radius 2 is 2.06 bits per heavy atom. The number of rotatable bonds is 6. The molecule has 1 heterocycles. The predicted molar refractivity (Wildman–Crippen MR) is 64.4 cm³/mol. The Bertz CT molecular complexity index is 333. The molecule has 0 amide bonds. The summed E-state index contributed by atoms with van der Waals surface area (Å²) in [4.78, 5) is 0. The van der Waals surface area contributed by atoms with E-state index in [1.54, 1.807) is 4.68 Å². The molecule has 1 rings (SSSR count). The largest absolute Gasteiger partial charge is 0.310 e. The highest BCUT2D eigenvalue weighted by molar-refractivity contribution is 5.28. The number of aromatic nitrogens is 2. The zero-order valence-corrected chi connectivity index (χ0v) is 10.7. The van der Waals surface area contributed by atoms with E-state index in [0.717, 1.165) is 24.4 Å². The maximum atomic E-state index is 12.4. The number of alkyl halides is 1. The Morgan fingerprint density at radius 1 is 1.38 bits per heavy atom. The molecule has 1 aromatic rings. The van der Waals surface area contributed by atoms with Gasteiger partial charge in [0.05, 0.1) is 12.2 Å². The van der Waals surface area contributed by atoms with Gasteiger partial charge in [0.2, 0.25) is 0 Å². The fourth-order valence-electron chi connectivity index (χ4n) is 2.21. The molecule has 0 fully saturated rings. The maximum absolute atomic E-state index is 12.4. The molecule has 0 aliphatic rings. The Morgan fingerprint density at radius 3 is 2.56 bits per heavy atom. The topological polar surface area (TPSA) is 29.9 Å². The molecule has 92 valence electrons. The Balaban J connectivity index is 3.01. The molecule has 0 bridgehead atoms. The van der Waals surface area contributed by atoms with E-state index in [4.69, 9.17) is 0 Å². The van der Waals surface area contributed by atoms with Crippen molar-refractivity contribution in [3.05, 3.63) is 17.0 Å². The lowest BCUT2D eigenvalue weighted by Gasteiger charge is -2.16. The molecule has 0 aromatic carbocycles. The summed E-state index contributed by atoms with van der Waals surface area (Å²) < 4.78 is 14.1. The van der Waals surface area contributed by atoms with E-state index in [1.807, 2.05) is 13.8 Å². The molecule has 0 radical (unpaired) electrons. The molecule has 1 aromatic heterocycles. The van der Waals surface area contributed by atoms with Gasteiger partial charge in [-0.15, -0.1) is 0 Å². The molecule has 3 nitrogen and oxygen atoms in total. The quantitative estimate of drug-likeness (QED) is 0.809. The third-order valence-electron chi connectivity index (χ3n) is 2.94. The van der Waals surface area contributed by atoms with Crippen LogP contribution in [0.3, 0.4) is 0 Å². The highest BCUT2D eigenvalue weighted by Crippen LogP contribution is 2.23. The summed E-state index contributed by atoms with van der Waals surface area (Å²) in [5.74, 6) is 0. The fraction of sp³-hybridized carbons (Fsp3) is 0.750. The van der Waals surface area contributed by atoms with Crippen molar-refractivity contribution in [2.75, 3.05) is 13.2 Å². The summed E-state index contributed by atoms with van der Waals surface area (Å²) in [5, 5.41) is 7.83. The van der Waals surface area contributed by atoms with Gasteiger partial charge in [-0.1, -0.05) is 13.8 Å². The third kappa shape index (κ3) is 2.61. The molecule has 1 unspecified atom stereocenters. The number of hydrogen-bond donors (Lipinski definition) is 1. The van der Waals surface area contributed by atoms with Crippen LogP contribution in [0, 0.1) is 13.8 Å². The first-order valence-electron chi connectivity index (χ1n) is 5.98. The lowest BCUT2D eigenvalue weighted by Crippen LogP contribution is -2.21. The van der Waals surface area contributed by atoms with Gasteiger partial charge in [-0.3, -0.25) is 4.68 Å². The normalized spacial score (nSPS) is 13.1. The summed E-state index contributed by atoms with van der Waals surface area (Å²) >= 11 is 0. The monoisotopic (exact) mass is 227 g/mol. The third-order valence-corrected chi connectivity index (χ3v) is 2.94. The van der Waals surface area contributed by atoms with Crippen molar-refractivity contribution in [3.8, 4) is 0 Å². The van der Waals surface area contributed by atoms with E-state index in [0.29, 0.717) is 12.6 Å². The lowest BCUT2D eigenvalue weighted by atomic mass is 10.0. The molecule has 1 N–H and O–H groups in total. The summed E-state index contributed by atoms with van der Waals surface area (Å²) in [7, 11) is 0. The van der Waals surface area contributed by atoms with Gasteiger partial charge >= 0.3 is 0 Å². The van der Waals surface area contributed by atoms with Crippen LogP contribution in [-0.4, -0.2) is 23.0 Å². The van der Waals surface area contributed by atoms with Crippen molar-refractivity contribution in [1.29, 1.82) is 0 Å². The first-order valence-corrected chi connectivity index (χ1v) is 5.98. The smallest absolute Gasteiger partial charge is 0.109 e. The molecule has 0 saturated carbocycles. The molecule has 0 aliphatic carbocycles. The molecular formula is C12H22FN3. The van der Waals surface area contributed by atoms with Gasteiger partial charge in [0.15, 0.2) is 0 Å². The van der Waals surface area contributed by atoms with Gasteiger partial charge in [0.1, 0.15) is 6.67 Å². The minimum absolute atomic E-state index is 0.332. The molecule has 16 heavy (non-hydrogen) atoms. The molecule has 0 saturated heterocycles. The van der Waals surface area contributed by atoms with Gasteiger partial charge in [-0.25, -0.2) is 4.39 Å². The van der Waals surface area contributed by atoms with E-state index < -0.39 is 0 Å². The molecule has 1 atom stereocenters.